The second kappa shape index (κ2) is 5.08. The average Bonchev–Trinajstić information content (AvgIpc) is 3.06. The lowest BCUT2D eigenvalue weighted by atomic mass is 10.2. The van der Waals surface area contributed by atoms with Crippen LogP contribution in [0.3, 0.4) is 0 Å². The summed E-state index contributed by atoms with van der Waals surface area (Å²) in [5, 5.41) is 3.90. The van der Waals surface area contributed by atoms with Gasteiger partial charge in [-0.3, -0.25) is 0 Å². The number of nitrogens with zero attached hydrogens (tertiary/aromatic N) is 2. The fourth-order valence-corrected chi connectivity index (χ4v) is 1.79. The number of furan rings is 1. The van der Waals surface area contributed by atoms with Crippen LogP contribution in [0.4, 0.5) is 5.69 Å². The number of aromatic nitrogens is 2. The van der Waals surface area contributed by atoms with Gasteiger partial charge in [0.1, 0.15) is 11.5 Å². The number of rotatable bonds is 4. The molecule has 0 atom stereocenters. The Balaban J connectivity index is 1.72. The van der Waals surface area contributed by atoms with Crippen LogP contribution in [-0.2, 0) is 6.61 Å². The van der Waals surface area contributed by atoms with Crippen molar-refractivity contribution >= 4 is 5.69 Å². The molecule has 1 aromatic carbocycles. The summed E-state index contributed by atoms with van der Waals surface area (Å²) >= 11 is 0. The normalized spacial score (nSPS) is 10.7. The van der Waals surface area contributed by atoms with Crippen molar-refractivity contribution in [1.82, 2.24) is 10.1 Å². The minimum Gasteiger partial charge on any atom is -0.482 e. The first-order valence-electron chi connectivity index (χ1n) is 6.08. The predicted molar refractivity (Wildman–Crippen MR) is 71.9 cm³/mol. The second-order valence-electron chi connectivity index (χ2n) is 4.23. The molecule has 0 bridgehead atoms. The van der Waals surface area contributed by atoms with E-state index in [1.165, 1.54) is 0 Å². The monoisotopic (exact) mass is 271 g/mol. The number of hydrogen-bond donors (Lipinski definition) is 1. The molecule has 0 spiro atoms. The third kappa shape index (κ3) is 2.35. The van der Waals surface area contributed by atoms with Crippen LogP contribution in [0, 0.1) is 6.92 Å². The quantitative estimate of drug-likeness (QED) is 0.734. The van der Waals surface area contributed by atoms with Gasteiger partial charge in [-0.25, -0.2) is 0 Å². The molecule has 6 nitrogen and oxygen atoms in total. The van der Waals surface area contributed by atoms with Crippen LogP contribution in [0.2, 0.25) is 0 Å². The maximum atomic E-state index is 5.78. The van der Waals surface area contributed by atoms with Crippen molar-refractivity contribution in [2.45, 2.75) is 13.5 Å². The molecule has 102 valence electrons. The van der Waals surface area contributed by atoms with Gasteiger partial charge in [0.2, 0.25) is 5.82 Å². The summed E-state index contributed by atoms with van der Waals surface area (Å²) in [5.74, 6) is 2.19. The minimum atomic E-state index is 0.165. The van der Waals surface area contributed by atoms with Crippen LogP contribution in [0.15, 0.2) is 45.5 Å². The molecule has 2 heterocycles. The Morgan fingerprint density at radius 3 is 2.85 bits per heavy atom. The zero-order valence-electron chi connectivity index (χ0n) is 10.9. The first-order chi connectivity index (χ1) is 9.74. The fraction of sp³-hybridized carbons (Fsp3) is 0.143. The van der Waals surface area contributed by atoms with Crippen LogP contribution >= 0.6 is 0 Å². The zero-order chi connectivity index (χ0) is 13.9. The third-order valence-corrected chi connectivity index (χ3v) is 2.84. The first kappa shape index (κ1) is 12.3. The Morgan fingerprint density at radius 1 is 1.25 bits per heavy atom. The van der Waals surface area contributed by atoms with Gasteiger partial charge in [-0.1, -0.05) is 17.3 Å². The highest BCUT2D eigenvalue weighted by atomic mass is 16.5. The standard InChI is InChI=1S/C14H13N3O3/c1-9-10(6-7-18-9)14-16-13(20-17-14)8-19-12-5-3-2-4-11(12)15/h2-7H,8,15H2,1H3. The van der Waals surface area contributed by atoms with Gasteiger partial charge in [-0.05, 0) is 25.1 Å². The largest absolute Gasteiger partial charge is 0.482 e. The summed E-state index contributed by atoms with van der Waals surface area (Å²) < 4.78 is 15.9. The van der Waals surface area contributed by atoms with E-state index in [1.54, 1.807) is 24.5 Å². The Morgan fingerprint density at radius 2 is 2.10 bits per heavy atom. The highest BCUT2D eigenvalue weighted by molar-refractivity contribution is 5.56. The number of aryl methyl sites for hydroxylation is 1. The molecule has 2 aromatic heterocycles. The number of nitrogen functional groups attached to an aromatic ring is 1. The van der Waals surface area contributed by atoms with Crippen molar-refractivity contribution in [2.24, 2.45) is 0 Å². The molecule has 6 heteroatoms. The SMILES string of the molecule is Cc1occc1-c1noc(COc2ccccc2N)n1. The molecule has 0 aliphatic rings. The van der Waals surface area contributed by atoms with Gasteiger partial charge in [0.15, 0.2) is 6.61 Å². The smallest absolute Gasteiger partial charge is 0.264 e. The van der Waals surface area contributed by atoms with E-state index in [-0.39, 0.29) is 6.61 Å². The molecule has 3 rings (SSSR count). The molecular formula is C14H13N3O3. The van der Waals surface area contributed by atoms with E-state index in [2.05, 4.69) is 10.1 Å². The predicted octanol–water partition coefficient (Wildman–Crippen LogP) is 2.80. The van der Waals surface area contributed by atoms with E-state index in [9.17, 15) is 0 Å². The van der Waals surface area contributed by atoms with Crippen LogP contribution in [-0.4, -0.2) is 10.1 Å². The average molecular weight is 271 g/mol. The van der Waals surface area contributed by atoms with Gasteiger partial charge >= 0.3 is 0 Å². The highest BCUT2D eigenvalue weighted by Gasteiger charge is 2.13. The summed E-state index contributed by atoms with van der Waals surface area (Å²) in [6.07, 6.45) is 1.59. The van der Waals surface area contributed by atoms with Gasteiger partial charge < -0.3 is 19.4 Å². The van der Waals surface area contributed by atoms with Crippen LogP contribution in [0.5, 0.6) is 5.75 Å². The lowest BCUT2D eigenvalue weighted by Crippen LogP contribution is -1.98. The molecule has 0 amide bonds. The van der Waals surface area contributed by atoms with E-state index in [0.717, 1.165) is 11.3 Å². The van der Waals surface area contributed by atoms with Gasteiger partial charge in [0.25, 0.3) is 5.89 Å². The molecule has 0 radical (unpaired) electrons. The van der Waals surface area contributed by atoms with Crippen molar-refractivity contribution in [3.8, 4) is 17.1 Å². The molecule has 0 unspecified atom stereocenters. The lowest BCUT2D eigenvalue weighted by Gasteiger charge is -2.05. The lowest BCUT2D eigenvalue weighted by molar-refractivity contribution is 0.244. The Bertz CT molecular complexity index is 718. The highest BCUT2D eigenvalue weighted by Crippen LogP contribution is 2.23. The number of ether oxygens (including phenoxy) is 1. The maximum Gasteiger partial charge on any atom is 0.264 e. The number of nitrogens with two attached hydrogens (primary N) is 1. The maximum absolute atomic E-state index is 5.78. The van der Waals surface area contributed by atoms with Gasteiger partial charge in [0.05, 0.1) is 17.5 Å². The summed E-state index contributed by atoms with van der Waals surface area (Å²) in [6.45, 7) is 2.00. The summed E-state index contributed by atoms with van der Waals surface area (Å²) in [6, 6.07) is 9.03. The molecule has 2 N–H and O–H groups in total. The Labute approximate surface area is 115 Å². The molecule has 3 aromatic rings. The molecule has 20 heavy (non-hydrogen) atoms. The van der Waals surface area contributed by atoms with E-state index < -0.39 is 0 Å². The first-order valence-corrected chi connectivity index (χ1v) is 6.08. The van der Waals surface area contributed by atoms with Crippen molar-refractivity contribution in [2.75, 3.05) is 5.73 Å². The second-order valence-corrected chi connectivity index (χ2v) is 4.23. The van der Waals surface area contributed by atoms with Crippen molar-refractivity contribution < 1.29 is 13.7 Å². The molecule has 0 saturated carbocycles. The van der Waals surface area contributed by atoms with Crippen molar-refractivity contribution in [3.63, 3.8) is 0 Å². The third-order valence-electron chi connectivity index (χ3n) is 2.84. The molecule has 0 aliphatic heterocycles. The van der Waals surface area contributed by atoms with Gasteiger partial charge in [0, 0.05) is 0 Å². The van der Waals surface area contributed by atoms with Gasteiger partial charge in [-0.2, -0.15) is 4.98 Å². The topological polar surface area (TPSA) is 87.3 Å². The minimum absolute atomic E-state index is 0.165. The summed E-state index contributed by atoms with van der Waals surface area (Å²) in [5.41, 5.74) is 7.16. The summed E-state index contributed by atoms with van der Waals surface area (Å²) in [7, 11) is 0. The van der Waals surface area contributed by atoms with Crippen molar-refractivity contribution in [1.29, 1.82) is 0 Å². The van der Waals surface area contributed by atoms with E-state index >= 15 is 0 Å². The number of anilines is 1. The Hall–Kier alpha value is -2.76. The number of para-hydroxylation sites is 2. The molecule has 0 fully saturated rings. The Kier molecular flexibility index (Phi) is 3.12. The van der Waals surface area contributed by atoms with Crippen molar-refractivity contribution in [3.05, 3.63) is 48.2 Å². The van der Waals surface area contributed by atoms with E-state index in [0.29, 0.717) is 23.2 Å². The van der Waals surface area contributed by atoms with Crippen LogP contribution in [0.1, 0.15) is 11.7 Å². The number of benzene rings is 1. The molecule has 0 aliphatic carbocycles. The van der Waals surface area contributed by atoms with Gasteiger partial charge in [-0.15, -0.1) is 0 Å². The van der Waals surface area contributed by atoms with Crippen LogP contribution in [0.25, 0.3) is 11.4 Å². The van der Waals surface area contributed by atoms with E-state index in [4.69, 9.17) is 19.4 Å². The fourth-order valence-electron chi connectivity index (χ4n) is 1.79. The number of hydrogen-bond acceptors (Lipinski definition) is 6. The van der Waals surface area contributed by atoms with Crippen LogP contribution < -0.4 is 10.5 Å². The summed E-state index contributed by atoms with van der Waals surface area (Å²) in [4.78, 5) is 4.25. The van der Waals surface area contributed by atoms with E-state index in [1.807, 2.05) is 19.1 Å². The molecule has 0 saturated heterocycles. The molecular weight excluding hydrogens is 258 g/mol. The zero-order valence-corrected chi connectivity index (χ0v) is 10.9.